The Labute approximate surface area is 76.3 Å². The molecule has 0 saturated carbocycles. The van der Waals surface area contributed by atoms with Crippen LogP contribution in [0.4, 0.5) is 0 Å². The maximum Gasteiger partial charge on any atom is 0.192 e. The zero-order valence-corrected chi connectivity index (χ0v) is 7.37. The van der Waals surface area contributed by atoms with E-state index >= 15 is 0 Å². The summed E-state index contributed by atoms with van der Waals surface area (Å²) in [4.78, 5) is 2.64. The zero-order valence-electron chi connectivity index (χ0n) is 6.55. The van der Waals surface area contributed by atoms with Gasteiger partial charge in [-0.25, -0.2) is 0 Å². The number of rotatable bonds is 5. The van der Waals surface area contributed by atoms with Crippen LogP contribution < -0.4 is 5.73 Å². The summed E-state index contributed by atoms with van der Waals surface area (Å²) in [5.41, 5.74) is 13.0. The van der Waals surface area contributed by atoms with Crippen LogP contribution in [-0.2, 0) is 0 Å². The normalized spacial score (nSPS) is 16.1. The second-order valence-corrected chi connectivity index (χ2v) is 2.43. The molecule has 0 aromatic carbocycles. The molecule has 2 N–H and O–H groups in total. The van der Waals surface area contributed by atoms with Crippen molar-refractivity contribution < 1.29 is 0 Å². The van der Waals surface area contributed by atoms with Gasteiger partial charge in [0.2, 0.25) is 0 Å². The van der Waals surface area contributed by atoms with Crippen molar-refractivity contribution in [2.75, 3.05) is 13.1 Å². The summed E-state index contributed by atoms with van der Waals surface area (Å²) in [6.45, 7) is 1.02. The molecule has 0 bridgehead atoms. The molecule has 0 fully saturated rings. The molecule has 1 rings (SSSR count). The van der Waals surface area contributed by atoms with Crippen molar-refractivity contribution >= 4 is 12.4 Å². The van der Waals surface area contributed by atoms with Crippen LogP contribution in [0.5, 0.6) is 0 Å². The van der Waals surface area contributed by atoms with Gasteiger partial charge in [0.05, 0.1) is 0 Å². The lowest BCUT2D eigenvalue weighted by atomic mass is 10.1. The molecule has 0 spiro atoms. The molecule has 7 heteroatoms. The maximum atomic E-state index is 7.99. The Hall–Kier alpha value is -0.840. The molecule has 68 valence electrons. The van der Waals surface area contributed by atoms with Gasteiger partial charge in [0, 0.05) is 24.3 Å². The standard InChI is InChI=1S/C5H10N6.ClH/c6-3-1-5(9-10-5)2-4-8-11-7;/h1-4,6H2;1H. The van der Waals surface area contributed by atoms with Gasteiger partial charge in [-0.05, 0) is 12.1 Å². The lowest BCUT2D eigenvalue weighted by molar-refractivity contribution is 0.520. The Balaban J connectivity index is 0.00000121. The van der Waals surface area contributed by atoms with Crippen LogP contribution in [0, 0.1) is 0 Å². The minimum atomic E-state index is -0.289. The molecule has 6 nitrogen and oxygen atoms in total. The number of nitrogens with two attached hydrogens (primary N) is 1. The quantitative estimate of drug-likeness (QED) is 0.398. The van der Waals surface area contributed by atoms with Gasteiger partial charge < -0.3 is 5.73 Å². The van der Waals surface area contributed by atoms with E-state index in [9.17, 15) is 0 Å². The van der Waals surface area contributed by atoms with Gasteiger partial charge in [0.1, 0.15) is 0 Å². The molecule has 0 radical (unpaired) electrons. The zero-order chi connectivity index (χ0) is 8.16. The van der Waals surface area contributed by atoms with Crippen LogP contribution in [-0.4, -0.2) is 18.8 Å². The van der Waals surface area contributed by atoms with Gasteiger partial charge in [0.15, 0.2) is 5.66 Å². The van der Waals surface area contributed by atoms with E-state index in [1.54, 1.807) is 0 Å². The molecule has 0 aliphatic carbocycles. The highest BCUT2D eigenvalue weighted by atomic mass is 35.5. The maximum absolute atomic E-state index is 7.99. The number of hydrogen-bond donors (Lipinski definition) is 1. The fourth-order valence-electron chi connectivity index (χ4n) is 0.901. The Morgan fingerprint density at radius 3 is 2.50 bits per heavy atom. The SMILES string of the molecule is Cl.[N-]=[N+]=NCCC1(CCN)N=N1. The number of hydrogen-bond acceptors (Lipinski definition) is 4. The van der Waals surface area contributed by atoms with E-state index in [0.717, 1.165) is 6.42 Å². The summed E-state index contributed by atoms with van der Waals surface area (Å²) < 4.78 is 0. The van der Waals surface area contributed by atoms with E-state index < -0.39 is 0 Å². The molecule has 1 aliphatic heterocycles. The highest BCUT2D eigenvalue weighted by molar-refractivity contribution is 5.85. The van der Waals surface area contributed by atoms with Crippen LogP contribution in [0.2, 0.25) is 0 Å². The molecule has 0 amide bonds. The summed E-state index contributed by atoms with van der Waals surface area (Å²) in [5.74, 6) is 0. The van der Waals surface area contributed by atoms with Crippen molar-refractivity contribution in [1.29, 1.82) is 0 Å². The average molecular weight is 191 g/mol. The van der Waals surface area contributed by atoms with Crippen molar-refractivity contribution in [2.24, 2.45) is 21.1 Å². The van der Waals surface area contributed by atoms with E-state index in [4.69, 9.17) is 11.3 Å². The number of halogens is 1. The van der Waals surface area contributed by atoms with Crippen molar-refractivity contribution in [3.05, 3.63) is 10.4 Å². The summed E-state index contributed by atoms with van der Waals surface area (Å²) in [7, 11) is 0. The van der Waals surface area contributed by atoms with E-state index in [0.29, 0.717) is 19.5 Å². The van der Waals surface area contributed by atoms with Crippen molar-refractivity contribution in [1.82, 2.24) is 0 Å². The molecule has 0 atom stereocenters. The van der Waals surface area contributed by atoms with Crippen molar-refractivity contribution in [3.8, 4) is 0 Å². The monoisotopic (exact) mass is 190 g/mol. The van der Waals surface area contributed by atoms with E-state index in [1.807, 2.05) is 0 Å². The summed E-state index contributed by atoms with van der Waals surface area (Å²) >= 11 is 0. The Morgan fingerprint density at radius 2 is 2.08 bits per heavy atom. The van der Waals surface area contributed by atoms with Crippen LogP contribution in [0.25, 0.3) is 10.4 Å². The predicted octanol–water partition coefficient (Wildman–Crippen LogP) is 1.62. The Morgan fingerprint density at radius 1 is 1.42 bits per heavy atom. The van der Waals surface area contributed by atoms with E-state index in [-0.39, 0.29) is 18.1 Å². The van der Waals surface area contributed by atoms with E-state index in [1.165, 1.54) is 0 Å². The van der Waals surface area contributed by atoms with Gasteiger partial charge in [-0.1, -0.05) is 5.11 Å². The highest BCUT2D eigenvalue weighted by Gasteiger charge is 2.37. The van der Waals surface area contributed by atoms with Gasteiger partial charge in [-0.2, -0.15) is 10.2 Å². The predicted molar refractivity (Wildman–Crippen MR) is 47.1 cm³/mol. The molecule has 0 unspecified atom stereocenters. The first-order chi connectivity index (χ1) is 5.33. The molecule has 1 heterocycles. The second-order valence-electron chi connectivity index (χ2n) is 2.43. The third kappa shape index (κ3) is 3.04. The van der Waals surface area contributed by atoms with Crippen molar-refractivity contribution in [2.45, 2.75) is 18.5 Å². The van der Waals surface area contributed by atoms with Gasteiger partial charge in [-0.3, -0.25) is 0 Å². The smallest absolute Gasteiger partial charge is 0.192 e. The molecular formula is C5H11ClN6. The number of azide groups is 1. The van der Waals surface area contributed by atoms with E-state index in [2.05, 4.69) is 20.3 Å². The van der Waals surface area contributed by atoms with Gasteiger partial charge in [0.25, 0.3) is 0 Å². The average Bonchev–Trinajstić information content (AvgIpc) is 2.71. The first-order valence-electron chi connectivity index (χ1n) is 3.48. The summed E-state index contributed by atoms with van der Waals surface area (Å²) in [6, 6.07) is 0. The fraction of sp³-hybridized carbons (Fsp3) is 1.00. The topological polar surface area (TPSA) is 99.5 Å². The Kier molecular flexibility index (Phi) is 4.58. The highest BCUT2D eigenvalue weighted by Crippen LogP contribution is 2.34. The first-order valence-corrected chi connectivity index (χ1v) is 3.48. The molecule has 1 aliphatic rings. The van der Waals surface area contributed by atoms with Gasteiger partial charge >= 0.3 is 0 Å². The molecule has 0 aromatic heterocycles. The van der Waals surface area contributed by atoms with Gasteiger partial charge in [-0.15, -0.1) is 12.4 Å². The van der Waals surface area contributed by atoms with Crippen LogP contribution >= 0.6 is 12.4 Å². The molecular weight excluding hydrogens is 180 g/mol. The molecule has 0 aromatic rings. The first kappa shape index (κ1) is 11.2. The number of nitrogens with zero attached hydrogens (tertiary/aromatic N) is 5. The summed E-state index contributed by atoms with van der Waals surface area (Å²) in [6.07, 6.45) is 1.45. The largest absolute Gasteiger partial charge is 0.330 e. The lowest BCUT2D eigenvalue weighted by Gasteiger charge is -2.04. The van der Waals surface area contributed by atoms with Crippen LogP contribution in [0.1, 0.15) is 12.8 Å². The summed E-state index contributed by atoms with van der Waals surface area (Å²) in [5, 5.41) is 11.1. The third-order valence-corrected chi connectivity index (χ3v) is 1.60. The lowest BCUT2D eigenvalue weighted by Crippen LogP contribution is -2.17. The fourth-order valence-corrected chi connectivity index (χ4v) is 0.901. The second kappa shape index (κ2) is 4.92. The minimum Gasteiger partial charge on any atom is -0.330 e. The van der Waals surface area contributed by atoms with Crippen molar-refractivity contribution in [3.63, 3.8) is 0 Å². The Bertz CT molecular complexity index is 202. The van der Waals surface area contributed by atoms with Crippen LogP contribution in [0.3, 0.4) is 0 Å². The minimum absolute atomic E-state index is 0. The van der Waals surface area contributed by atoms with Crippen LogP contribution in [0.15, 0.2) is 15.3 Å². The molecule has 12 heavy (non-hydrogen) atoms. The molecule has 0 saturated heterocycles. The third-order valence-electron chi connectivity index (χ3n) is 1.60.